The Labute approximate surface area is 98.4 Å². The molecule has 88 valence electrons. The summed E-state index contributed by atoms with van der Waals surface area (Å²) in [4.78, 5) is 2.47. The zero-order valence-electron chi connectivity index (χ0n) is 10.4. The molecule has 0 saturated heterocycles. The SMILES string of the molecule is CC(C)CCN1CCCc2cccc(N)c21. The van der Waals surface area contributed by atoms with Crippen LogP contribution in [0.5, 0.6) is 0 Å². The number of rotatable bonds is 3. The summed E-state index contributed by atoms with van der Waals surface area (Å²) in [5.41, 5.74) is 9.77. The highest BCUT2D eigenvalue weighted by Gasteiger charge is 2.18. The summed E-state index contributed by atoms with van der Waals surface area (Å²) >= 11 is 0. The molecule has 0 bridgehead atoms. The van der Waals surface area contributed by atoms with E-state index >= 15 is 0 Å². The third kappa shape index (κ3) is 2.31. The first-order valence-corrected chi connectivity index (χ1v) is 6.31. The lowest BCUT2D eigenvalue weighted by Gasteiger charge is -2.33. The van der Waals surface area contributed by atoms with Gasteiger partial charge in [-0.2, -0.15) is 0 Å². The first-order chi connectivity index (χ1) is 7.68. The Kier molecular flexibility index (Phi) is 3.37. The third-order valence-electron chi connectivity index (χ3n) is 3.32. The van der Waals surface area contributed by atoms with Crippen molar-refractivity contribution in [3.05, 3.63) is 23.8 Å². The monoisotopic (exact) mass is 218 g/mol. The van der Waals surface area contributed by atoms with E-state index in [0.29, 0.717) is 0 Å². The largest absolute Gasteiger partial charge is 0.397 e. The molecule has 0 radical (unpaired) electrons. The van der Waals surface area contributed by atoms with Crippen LogP contribution in [-0.2, 0) is 6.42 Å². The summed E-state index contributed by atoms with van der Waals surface area (Å²) < 4.78 is 0. The number of fused-ring (bicyclic) bond motifs is 1. The van der Waals surface area contributed by atoms with Crippen LogP contribution < -0.4 is 10.6 Å². The van der Waals surface area contributed by atoms with E-state index in [9.17, 15) is 0 Å². The van der Waals surface area contributed by atoms with E-state index < -0.39 is 0 Å². The predicted molar refractivity (Wildman–Crippen MR) is 70.8 cm³/mol. The molecular formula is C14H22N2. The fraction of sp³-hybridized carbons (Fsp3) is 0.571. The van der Waals surface area contributed by atoms with Gasteiger partial charge < -0.3 is 10.6 Å². The van der Waals surface area contributed by atoms with E-state index in [1.54, 1.807) is 0 Å². The van der Waals surface area contributed by atoms with Crippen LogP contribution in [0, 0.1) is 5.92 Å². The minimum Gasteiger partial charge on any atom is -0.397 e. The second kappa shape index (κ2) is 4.77. The van der Waals surface area contributed by atoms with Crippen LogP contribution in [0.2, 0.25) is 0 Å². The molecule has 0 aliphatic carbocycles. The van der Waals surface area contributed by atoms with Crippen molar-refractivity contribution in [2.45, 2.75) is 33.1 Å². The summed E-state index contributed by atoms with van der Waals surface area (Å²) in [5, 5.41) is 0. The van der Waals surface area contributed by atoms with Crippen LogP contribution in [0.25, 0.3) is 0 Å². The quantitative estimate of drug-likeness (QED) is 0.790. The lowest BCUT2D eigenvalue weighted by Crippen LogP contribution is -2.31. The van der Waals surface area contributed by atoms with E-state index in [4.69, 9.17) is 5.73 Å². The van der Waals surface area contributed by atoms with E-state index in [0.717, 1.165) is 24.7 Å². The highest BCUT2D eigenvalue weighted by molar-refractivity contribution is 5.72. The Bertz CT molecular complexity index is 358. The average molecular weight is 218 g/mol. The Balaban J connectivity index is 2.18. The molecule has 2 heteroatoms. The third-order valence-corrected chi connectivity index (χ3v) is 3.32. The second-order valence-electron chi connectivity index (χ2n) is 5.13. The van der Waals surface area contributed by atoms with E-state index in [2.05, 4.69) is 30.9 Å². The van der Waals surface area contributed by atoms with Crippen molar-refractivity contribution in [3.63, 3.8) is 0 Å². The molecule has 1 aliphatic rings. The maximum Gasteiger partial charge on any atom is 0.0632 e. The maximum absolute atomic E-state index is 6.10. The molecule has 1 heterocycles. The van der Waals surface area contributed by atoms with Crippen molar-refractivity contribution in [1.82, 2.24) is 0 Å². The number of hydrogen-bond donors (Lipinski definition) is 1. The van der Waals surface area contributed by atoms with Crippen molar-refractivity contribution in [2.75, 3.05) is 23.7 Å². The molecule has 2 nitrogen and oxygen atoms in total. The Morgan fingerprint density at radius 2 is 2.19 bits per heavy atom. The molecule has 1 aromatic rings. The topological polar surface area (TPSA) is 29.3 Å². The number of nitrogens with zero attached hydrogens (tertiary/aromatic N) is 1. The lowest BCUT2D eigenvalue weighted by atomic mass is 9.99. The Hall–Kier alpha value is -1.18. The first-order valence-electron chi connectivity index (χ1n) is 6.31. The predicted octanol–water partition coefficient (Wildman–Crippen LogP) is 3.07. The number of aryl methyl sites for hydroxylation is 1. The van der Waals surface area contributed by atoms with E-state index in [1.807, 2.05) is 6.07 Å². The van der Waals surface area contributed by atoms with Crippen molar-refractivity contribution < 1.29 is 0 Å². The fourth-order valence-electron chi connectivity index (χ4n) is 2.41. The standard InChI is InChI=1S/C14H22N2/c1-11(2)8-10-16-9-4-6-12-5-3-7-13(15)14(12)16/h3,5,7,11H,4,6,8-10,15H2,1-2H3. The molecule has 1 aromatic carbocycles. The van der Waals surface area contributed by atoms with Gasteiger partial charge in [0.2, 0.25) is 0 Å². The number of nitrogens with two attached hydrogens (primary N) is 1. The molecule has 0 atom stereocenters. The van der Waals surface area contributed by atoms with Crippen molar-refractivity contribution in [3.8, 4) is 0 Å². The zero-order valence-corrected chi connectivity index (χ0v) is 10.4. The van der Waals surface area contributed by atoms with Gasteiger partial charge in [0.25, 0.3) is 0 Å². The van der Waals surface area contributed by atoms with E-state index in [-0.39, 0.29) is 0 Å². The van der Waals surface area contributed by atoms with Gasteiger partial charge in [0.1, 0.15) is 0 Å². The van der Waals surface area contributed by atoms with Crippen LogP contribution in [-0.4, -0.2) is 13.1 Å². The summed E-state index contributed by atoms with van der Waals surface area (Å²) in [7, 11) is 0. The van der Waals surface area contributed by atoms with Gasteiger partial charge in [-0.3, -0.25) is 0 Å². The molecular weight excluding hydrogens is 196 g/mol. The minimum absolute atomic E-state index is 0.760. The van der Waals surface area contributed by atoms with Gasteiger partial charge >= 0.3 is 0 Å². The summed E-state index contributed by atoms with van der Waals surface area (Å²) in [6.45, 7) is 6.85. The van der Waals surface area contributed by atoms with Gasteiger partial charge in [0, 0.05) is 13.1 Å². The summed E-state index contributed by atoms with van der Waals surface area (Å²) in [5.74, 6) is 0.760. The van der Waals surface area contributed by atoms with Gasteiger partial charge in [-0.05, 0) is 36.8 Å². The van der Waals surface area contributed by atoms with Crippen molar-refractivity contribution >= 4 is 11.4 Å². The maximum atomic E-state index is 6.10. The molecule has 0 amide bonds. The average Bonchev–Trinajstić information content (AvgIpc) is 2.26. The number of anilines is 2. The van der Waals surface area contributed by atoms with E-state index in [1.165, 1.54) is 30.5 Å². The number of hydrogen-bond acceptors (Lipinski definition) is 2. The van der Waals surface area contributed by atoms with Crippen LogP contribution in [0.15, 0.2) is 18.2 Å². The molecule has 0 unspecified atom stereocenters. The van der Waals surface area contributed by atoms with Crippen molar-refractivity contribution in [2.24, 2.45) is 5.92 Å². The second-order valence-corrected chi connectivity index (χ2v) is 5.13. The smallest absolute Gasteiger partial charge is 0.0632 e. The van der Waals surface area contributed by atoms with Gasteiger partial charge in [0.15, 0.2) is 0 Å². The fourth-order valence-corrected chi connectivity index (χ4v) is 2.41. The molecule has 0 aromatic heterocycles. The Morgan fingerprint density at radius 1 is 1.38 bits per heavy atom. The molecule has 2 rings (SSSR count). The van der Waals surface area contributed by atoms with Gasteiger partial charge in [-0.15, -0.1) is 0 Å². The van der Waals surface area contributed by atoms with Crippen LogP contribution in [0.4, 0.5) is 11.4 Å². The molecule has 16 heavy (non-hydrogen) atoms. The molecule has 0 spiro atoms. The first kappa shape index (κ1) is 11.3. The van der Waals surface area contributed by atoms with Gasteiger partial charge in [0.05, 0.1) is 11.4 Å². The minimum atomic E-state index is 0.760. The molecule has 0 saturated carbocycles. The van der Waals surface area contributed by atoms with Gasteiger partial charge in [-0.25, -0.2) is 0 Å². The molecule has 1 aliphatic heterocycles. The lowest BCUT2D eigenvalue weighted by molar-refractivity contribution is 0.560. The number of para-hydroxylation sites is 1. The number of nitrogen functional groups attached to an aromatic ring is 1. The van der Waals surface area contributed by atoms with Crippen LogP contribution in [0.3, 0.4) is 0 Å². The Morgan fingerprint density at radius 3 is 2.94 bits per heavy atom. The summed E-state index contributed by atoms with van der Waals surface area (Å²) in [6.07, 6.45) is 3.68. The van der Waals surface area contributed by atoms with Crippen molar-refractivity contribution in [1.29, 1.82) is 0 Å². The van der Waals surface area contributed by atoms with Gasteiger partial charge in [-0.1, -0.05) is 26.0 Å². The van der Waals surface area contributed by atoms with Crippen LogP contribution in [0.1, 0.15) is 32.3 Å². The zero-order chi connectivity index (χ0) is 11.5. The molecule has 2 N–H and O–H groups in total. The summed E-state index contributed by atoms with van der Waals surface area (Å²) in [6, 6.07) is 6.31. The number of benzene rings is 1. The highest BCUT2D eigenvalue weighted by atomic mass is 15.1. The normalized spacial score (nSPS) is 15.3. The highest BCUT2D eigenvalue weighted by Crippen LogP contribution is 2.32. The van der Waals surface area contributed by atoms with Crippen LogP contribution >= 0.6 is 0 Å². The molecule has 0 fully saturated rings.